The molecular weight excluding hydrogens is 401 g/mol. The first-order valence-electron chi connectivity index (χ1n) is 8.87. The van der Waals surface area contributed by atoms with Gasteiger partial charge < -0.3 is 10.6 Å². The molecule has 0 saturated carbocycles. The maximum atomic E-state index is 12.4. The zero-order valence-electron chi connectivity index (χ0n) is 16.6. The van der Waals surface area contributed by atoms with Gasteiger partial charge in [0.2, 0.25) is 5.91 Å². The predicted octanol–water partition coefficient (Wildman–Crippen LogP) is 2.21. The lowest BCUT2D eigenvalue weighted by Crippen LogP contribution is -2.31. The van der Waals surface area contributed by atoms with Gasteiger partial charge in [-0.15, -0.1) is 24.8 Å². The predicted molar refractivity (Wildman–Crippen MR) is 112 cm³/mol. The average Bonchev–Trinajstić information content (AvgIpc) is 2.87. The van der Waals surface area contributed by atoms with E-state index in [1.54, 1.807) is 11.6 Å². The summed E-state index contributed by atoms with van der Waals surface area (Å²) < 4.78 is 1.59. The van der Waals surface area contributed by atoms with Crippen LogP contribution in [0.4, 0.5) is 0 Å². The first-order valence-corrected chi connectivity index (χ1v) is 8.87. The Morgan fingerprint density at radius 2 is 1.93 bits per heavy atom. The van der Waals surface area contributed by atoms with Crippen molar-refractivity contribution in [3.8, 4) is 0 Å². The Balaban J connectivity index is 0.00000196. The quantitative estimate of drug-likeness (QED) is 0.713. The monoisotopic (exact) mass is 427 g/mol. The molecule has 2 aromatic heterocycles. The summed E-state index contributed by atoms with van der Waals surface area (Å²) in [6, 6.07) is 0. The van der Waals surface area contributed by atoms with Crippen molar-refractivity contribution in [2.45, 2.75) is 53.8 Å². The molecule has 2 N–H and O–H groups in total. The van der Waals surface area contributed by atoms with Crippen molar-refractivity contribution in [1.82, 2.24) is 25.4 Å². The third-order valence-corrected chi connectivity index (χ3v) is 4.96. The van der Waals surface area contributed by atoms with E-state index >= 15 is 0 Å². The zero-order valence-corrected chi connectivity index (χ0v) is 18.2. The summed E-state index contributed by atoms with van der Waals surface area (Å²) in [6.45, 7) is 9.42. The second-order valence-corrected chi connectivity index (χ2v) is 6.79. The topological polar surface area (TPSA) is 88.9 Å². The lowest BCUT2D eigenvalue weighted by Gasteiger charge is -2.21. The third-order valence-electron chi connectivity index (χ3n) is 4.96. The highest BCUT2D eigenvalue weighted by molar-refractivity contribution is 5.96. The van der Waals surface area contributed by atoms with E-state index in [9.17, 15) is 9.59 Å². The molecule has 3 heterocycles. The molecule has 1 aliphatic rings. The van der Waals surface area contributed by atoms with E-state index in [2.05, 4.69) is 20.7 Å². The van der Waals surface area contributed by atoms with E-state index in [1.165, 1.54) is 18.1 Å². The van der Waals surface area contributed by atoms with Gasteiger partial charge in [0, 0.05) is 30.7 Å². The second kappa shape index (κ2) is 10.0. The number of aryl methyl sites for hydroxylation is 2. The summed E-state index contributed by atoms with van der Waals surface area (Å²) in [5.74, 6) is -0.158. The summed E-state index contributed by atoms with van der Waals surface area (Å²) in [6.07, 6.45) is 2.87. The number of halogens is 2. The second-order valence-electron chi connectivity index (χ2n) is 6.79. The van der Waals surface area contributed by atoms with Crippen LogP contribution in [0.2, 0.25) is 0 Å². The summed E-state index contributed by atoms with van der Waals surface area (Å²) in [5.41, 5.74) is 6.55. The first-order chi connectivity index (χ1) is 12.4. The van der Waals surface area contributed by atoms with Crippen molar-refractivity contribution in [2.24, 2.45) is 0 Å². The molecule has 7 nitrogen and oxygen atoms in total. The molecule has 1 aliphatic heterocycles. The lowest BCUT2D eigenvalue weighted by atomic mass is 9.96. The van der Waals surface area contributed by atoms with E-state index < -0.39 is 0 Å². The number of Topliss-reactive ketones (excluding diaryl/α,β-unsaturated/α-hetero) is 1. The van der Waals surface area contributed by atoms with Crippen molar-refractivity contribution < 1.29 is 9.59 Å². The number of amides is 1. The van der Waals surface area contributed by atoms with Crippen LogP contribution in [0, 0.1) is 20.8 Å². The van der Waals surface area contributed by atoms with Gasteiger partial charge in [0.25, 0.3) is 0 Å². The van der Waals surface area contributed by atoms with Crippen molar-refractivity contribution in [3.63, 3.8) is 0 Å². The van der Waals surface area contributed by atoms with Gasteiger partial charge in [-0.2, -0.15) is 5.10 Å². The molecule has 0 fully saturated rings. The number of carbonyl (C=O) groups excluding carboxylic acids is 2. The molecule has 0 aromatic carbocycles. The third kappa shape index (κ3) is 4.90. The average molecular weight is 428 g/mol. The van der Waals surface area contributed by atoms with Gasteiger partial charge in [0.05, 0.1) is 11.3 Å². The fourth-order valence-electron chi connectivity index (χ4n) is 3.62. The molecule has 0 spiro atoms. The van der Waals surface area contributed by atoms with Gasteiger partial charge in [-0.1, -0.05) is 0 Å². The van der Waals surface area contributed by atoms with Crippen molar-refractivity contribution in [2.75, 3.05) is 6.54 Å². The van der Waals surface area contributed by atoms with Crippen molar-refractivity contribution in [3.05, 3.63) is 45.5 Å². The van der Waals surface area contributed by atoms with E-state index in [0.29, 0.717) is 17.8 Å². The van der Waals surface area contributed by atoms with Gasteiger partial charge in [-0.25, -0.2) is 0 Å². The minimum absolute atomic E-state index is 0. The highest BCUT2D eigenvalue weighted by atomic mass is 35.5. The number of fused-ring (bicyclic) bond motifs is 1. The summed E-state index contributed by atoms with van der Waals surface area (Å²) in [5, 5.41) is 10.6. The molecule has 3 rings (SSSR count). The Morgan fingerprint density at radius 3 is 2.57 bits per heavy atom. The van der Waals surface area contributed by atoms with E-state index in [-0.39, 0.29) is 43.0 Å². The Morgan fingerprint density at radius 1 is 1.21 bits per heavy atom. The first kappa shape index (κ1) is 24.1. The molecule has 2 aromatic rings. The molecule has 0 atom stereocenters. The standard InChI is InChI=1S/C19H25N5O2.2ClH/c1-11-17(16-5-6-20-7-15(16)8-21-11)9-22-18(26)10-24-13(3)19(14(4)25)12(2)23-24;;/h8,20H,5-7,9-10H2,1-4H3,(H,22,26);2*1H. The van der Waals surface area contributed by atoms with Crippen LogP contribution in [-0.4, -0.2) is 33.0 Å². The largest absolute Gasteiger partial charge is 0.350 e. The van der Waals surface area contributed by atoms with E-state index in [4.69, 9.17) is 0 Å². The maximum absolute atomic E-state index is 12.4. The fraction of sp³-hybridized carbons (Fsp3) is 0.474. The number of nitrogens with one attached hydrogen (secondary N) is 2. The zero-order chi connectivity index (χ0) is 18.8. The number of rotatable bonds is 5. The van der Waals surface area contributed by atoms with Gasteiger partial charge in [0.1, 0.15) is 6.54 Å². The van der Waals surface area contributed by atoms with E-state index in [0.717, 1.165) is 36.5 Å². The Labute approximate surface area is 177 Å². The molecule has 0 aliphatic carbocycles. The van der Waals surface area contributed by atoms with Crippen molar-refractivity contribution >= 4 is 36.5 Å². The van der Waals surface area contributed by atoms with Crippen LogP contribution < -0.4 is 10.6 Å². The van der Waals surface area contributed by atoms with Crippen LogP contribution in [-0.2, 0) is 30.8 Å². The molecule has 0 bridgehead atoms. The molecule has 0 unspecified atom stereocenters. The number of pyridine rings is 1. The van der Waals surface area contributed by atoms with Gasteiger partial charge in [0.15, 0.2) is 5.78 Å². The number of ketones is 1. The molecule has 154 valence electrons. The number of aromatic nitrogens is 3. The summed E-state index contributed by atoms with van der Waals surface area (Å²) in [7, 11) is 0. The molecule has 9 heteroatoms. The number of hydrogen-bond acceptors (Lipinski definition) is 5. The maximum Gasteiger partial charge on any atom is 0.242 e. The highest BCUT2D eigenvalue weighted by Gasteiger charge is 2.18. The minimum atomic E-state index is -0.128. The SMILES string of the molecule is CC(=O)c1c(C)nn(CC(=O)NCc2c(C)ncc3c2CCNC3)c1C.Cl.Cl. The minimum Gasteiger partial charge on any atom is -0.350 e. The number of nitrogens with zero attached hydrogens (tertiary/aromatic N) is 3. The molecular formula is C19H27Cl2N5O2. The highest BCUT2D eigenvalue weighted by Crippen LogP contribution is 2.20. The Bertz CT molecular complexity index is 880. The normalized spacial score (nSPS) is 12.4. The molecule has 28 heavy (non-hydrogen) atoms. The Kier molecular flexibility index (Phi) is 8.60. The van der Waals surface area contributed by atoms with Crippen molar-refractivity contribution in [1.29, 1.82) is 0 Å². The van der Waals surface area contributed by atoms with E-state index in [1.807, 2.05) is 20.0 Å². The van der Waals surface area contributed by atoms with Gasteiger partial charge in [-0.3, -0.25) is 19.3 Å². The molecule has 0 saturated heterocycles. The number of carbonyl (C=O) groups is 2. The van der Waals surface area contributed by atoms with Crippen LogP contribution in [0.5, 0.6) is 0 Å². The molecule has 0 radical (unpaired) electrons. The summed E-state index contributed by atoms with van der Waals surface area (Å²) in [4.78, 5) is 28.6. The van der Waals surface area contributed by atoms with Crippen LogP contribution in [0.15, 0.2) is 6.20 Å². The van der Waals surface area contributed by atoms with Crippen LogP contribution in [0.3, 0.4) is 0 Å². The Hall–Kier alpha value is -1.96. The van der Waals surface area contributed by atoms with Crippen LogP contribution >= 0.6 is 24.8 Å². The van der Waals surface area contributed by atoms with Gasteiger partial charge in [-0.05, 0) is 57.4 Å². The van der Waals surface area contributed by atoms with Crippen LogP contribution in [0.1, 0.15) is 51.1 Å². The fourth-order valence-corrected chi connectivity index (χ4v) is 3.62. The lowest BCUT2D eigenvalue weighted by molar-refractivity contribution is -0.122. The number of hydrogen-bond donors (Lipinski definition) is 2. The van der Waals surface area contributed by atoms with Gasteiger partial charge >= 0.3 is 0 Å². The summed E-state index contributed by atoms with van der Waals surface area (Å²) >= 11 is 0. The smallest absolute Gasteiger partial charge is 0.242 e. The molecule has 1 amide bonds. The van der Waals surface area contributed by atoms with Crippen LogP contribution in [0.25, 0.3) is 0 Å².